The summed E-state index contributed by atoms with van der Waals surface area (Å²) in [7, 11) is 0. The molecule has 0 saturated carbocycles. The van der Waals surface area contributed by atoms with E-state index < -0.39 is 0 Å². The van der Waals surface area contributed by atoms with E-state index >= 15 is 0 Å². The van der Waals surface area contributed by atoms with Gasteiger partial charge in [-0.1, -0.05) is 18.2 Å². The zero-order valence-electron chi connectivity index (χ0n) is 15.4. The summed E-state index contributed by atoms with van der Waals surface area (Å²) in [6.07, 6.45) is 3.72. The third-order valence-electron chi connectivity index (χ3n) is 4.98. The van der Waals surface area contributed by atoms with Gasteiger partial charge in [0.2, 0.25) is 0 Å². The summed E-state index contributed by atoms with van der Waals surface area (Å²) < 4.78 is 7.31. The Labute approximate surface area is 167 Å². The predicted octanol–water partition coefficient (Wildman–Crippen LogP) is 3.91. The molecular weight excluding hydrogens is 370 g/mol. The van der Waals surface area contributed by atoms with Gasteiger partial charge in [0.05, 0.1) is 26.0 Å². The van der Waals surface area contributed by atoms with Crippen LogP contribution in [0.1, 0.15) is 4.88 Å². The minimum atomic E-state index is 0.778. The number of nitrogens with one attached hydrogen (secondary N) is 1. The molecule has 7 heteroatoms. The van der Waals surface area contributed by atoms with Crippen LogP contribution < -0.4 is 10.2 Å². The maximum absolute atomic E-state index is 5.44. The van der Waals surface area contributed by atoms with Crippen LogP contribution in [0.3, 0.4) is 0 Å². The van der Waals surface area contributed by atoms with Crippen LogP contribution in [0.2, 0.25) is 0 Å². The number of anilines is 2. The average molecular weight is 392 g/mol. The van der Waals surface area contributed by atoms with Crippen LogP contribution in [-0.4, -0.2) is 40.9 Å². The molecule has 1 aromatic carbocycles. The molecule has 0 amide bonds. The van der Waals surface area contributed by atoms with Gasteiger partial charge in [-0.3, -0.25) is 0 Å². The molecule has 4 aromatic rings. The third kappa shape index (κ3) is 3.34. The average Bonchev–Trinajstić information content (AvgIpc) is 3.43. The Balaban J connectivity index is 1.40. The van der Waals surface area contributed by atoms with E-state index in [4.69, 9.17) is 4.74 Å². The first-order valence-corrected chi connectivity index (χ1v) is 10.3. The summed E-state index contributed by atoms with van der Waals surface area (Å²) >= 11 is 1.74. The molecule has 1 fully saturated rings. The van der Waals surface area contributed by atoms with Crippen molar-refractivity contribution in [1.29, 1.82) is 0 Å². The molecule has 0 bridgehead atoms. The molecule has 5 rings (SSSR count). The van der Waals surface area contributed by atoms with Gasteiger partial charge in [-0.2, -0.15) is 9.61 Å². The molecule has 0 radical (unpaired) electrons. The molecule has 0 atom stereocenters. The molecular formula is C21H21N5OS. The van der Waals surface area contributed by atoms with Gasteiger partial charge in [0.15, 0.2) is 5.65 Å². The highest BCUT2D eigenvalue weighted by molar-refractivity contribution is 7.09. The molecule has 0 spiro atoms. The smallest absolute Gasteiger partial charge is 0.165 e. The first kappa shape index (κ1) is 17.2. The Kier molecular flexibility index (Phi) is 4.68. The van der Waals surface area contributed by atoms with E-state index in [0.29, 0.717) is 0 Å². The molecule has 1 aliphatic rings. The molecule has 1 N–H and O–H groups in total. The van der Waals surface area contributed by atoms with Gasteiger partial charge in [0, 0.05) is 35.4 Å². The fraction of sp³-hybridized carbons (Fsp3) is 0.238. The van der Waals surface area contributed by atoms with E-state index in [-0.39, 0.29) is 0 Å². The maximum atomic E-state index is 5.44. The largest absolute Gasteiger partial charge is 0.378 e. The van der Waals surface area contributed by atoms with Gasteiger partial charge in [0.1, 0.15) is 5.82 Å². The summed E-state index contributed by atoms with van der Waals surface area (Å²) in [5.74, 6) is 0.939. The monoisotopic (exact) mass is 391 g/mol. The lowest BCUT2D eigenvalue weighted by Crippen LogP contribution is -2.36. The molecule has 3 aromatic heterocycles. The molecule has 4 heterocycles. The highest BCUT2D eigenvalue weighted by atomic mass is 32.1. The predicted molar refractivity (Wildman–Crippen MR) is 113 cm³/mol. The second kappa shape index (κ2) is 7.61. The standard InChI is InChI=1S/C21H21N5OS/c1-2-18(28-13-1)14-23-20-7-8-22-21-19(15-24-26(20)21)16-3-5-17(6-4-16)25-9-11-27-12-10-25/h1-8,13,15,23H,9-12,14H2. The van der Waals surface area contributed by atoms with Gasteiger partial charge in [0.25, 0.3) is 0 Å². The van der Waals surface area contributed by atoms with Gasteiger partial charge in [-0.15, -0.1) is 11.3 Å². The zero-order valence-corrected chi connectivity index (χ0v) is 16.2. The fourth-order valence-electron chi connectivity index (χ4n) is 3.49. The van der Waals surface area contributed by atoms with E-state index in [9.17, 15) is 0 Å². The number of rotatable bonds is 5. The van der Waals surface area contributed by atoms with Crippen molar-refractivity contribution in [2.45, 2.75) is 6.54 Å². The molecule has 6 nitrogen and oxygen atoms in total. The van der Waals surface area contributed by atoms with Crippen molar-refractivity contribution >= 4 is 28.5 Å². The number of ether oxygens (including phenoxy) is 1. The number of fused-ring (bicyclic) bond motifs is 1. The van der Waals surface area contributed by atoms with Crippen molar-refractivity contribution in [3.05, 3.63) is 65.1 Å². The number of benzene rings is 1. The van der Waals surface area contributed by atoms with Crippen molar-refractivity contribution in [2.24, 2.45) is 0 Å². The van der Waals surface area contributed by atoms with Gasteiger partial charge in [-0.05, 0) is 35.2 Å². The van der Waals surface area contributed by atoms with Crippen LogP contribution in [0.15, 0.2) is 60.2 Å². The Hall–Kier alpha value is -2.90. The van der Waals surface area contributed by atoms with Crippen molar-refractivity contribution in [2.75, 3.05) is 36.5 Å². The van der Waals surface area contributed by atoms with Gasteiger partial charge >= 0.3 is 0 Å². The molecule has 28 heavy (non-hydrogen) atoms. The molecule has 0 unspecified atom stereocenters. The van der Waals surface area contributed by atoms with E-state index in [1.165, 1.54) is 10.6 Å². The Morgan fingerprint density at radius 3 is 2.71 bits per heavy atom. The van der Waals surface area contributed by atoms with Crippen molar-refractivity contribution in [3.8, 4) is 11.1 Å². The normalized spacial score (nSPS) is 14.5. The van der Waals surface area contributed by atoms with Crippen LogP contribution in [0.4, 0.5) is 11.5 Å². The molecule has 1 aliphatic heterocycles. The van der Waals surface area contributed by atoms with E-state index in [2.05, 4.69) is 62.1 Å². The number of aromatic nitrogens is 3. The second-order valence-corrected chi connectivity index (χ2v) is 7.74. The van der Waals surface area contributed by atoms with Gasteiger partial charge in [-0.25, -0.2) is 4.98 Å². The number of nitrogens with zero attached hydrogens (tertiary/aromatic N) is 4. The topological polar surface area (TPSA) is 54.7 Å². The lowest BCUT2D eigenvalue weighted by Gasteiger charge is -2.28. The van der Waals surface area contributed by atoms with Crippen LogP contribution in [0.25, 0.3) is 16.8 Å². The highest BCUT2D eigenvalue weighted by Gasteiger charge is 2.13. The van der Waals surface area contributed by atoms with Crippen LogP contribution in [0.5, 0.6) is 0 Å². The van der Waals surface area contributed by atoms with Crippen LogP contribution >= 0.6 is 11.3 Å². The van der Waals surface area contributed by atoms with Gasteiger partial charge < -0.3 is 15.0 Å². The summed E-state index contributed by atoms with van der Waals surface area (Å²) in [6, 6.07) is 14.8. The summed E-state index contributed by atoms with van der Waals surface area (Å²) in [6.45, 7) is 4.25. The number of hydrogen-bond donors (Lipinski definition) is 1. The Morgan fingerprint density at radius 2 is 1.93 bits per heavy atom. The minimum Gasteiger partial charge on any atom is -0.378 e. The van der Waals surface area contributed by atoms with E-state index in [1.54, 1.807) is 11.3 Å². The first-order valence-electron chi connectivity index (χ1n) is 9.40. The van der Waals surface area contributed by atoms with Crippen molar-refractivity contribution < 1.29 is 4.74 Å². The van der Waals surface area contributed by atoms with Crippen LogP contribution in [0, 0.1) is 0 Å². The first-order chi connectivity index (χ1) is 13.9. The summed E-state index contributed by atoms with van der Waals surface area (Å²) in [4.78, 5) is 8.21. The zero-order chi connectivity index (χ0) is 18.8. The Morgan fingerprint density at radius 1 is 1.07 bits per heavy atom. The maximum Gasteiger partial charge on any atom is 0.165 e. The van der Waals surface area contributed by atoms with E-state index in [0.717, 1.165) is 55.4 Å². The number of thiophene rings is 1. The lowest BCUT2D eigenvalue weighted by atomic mass is 10.1. The van der Waals surface area contributed by atoms with Crippen LogP contribution in [-0.2, 0) is 11.3 Å². The fourth-order valence-corrected chi connectivity index (χ4v) is 4.14. The molecule has 1 saturated heterocycles. The second-order valence-electron chi connectivity index (χ2n) is 6.70. The Bertz CT molecular complexity index is 1050. The molecule has 0 aliphatic carbocycles. The number of morpholine rings is 1. The van der Waals surface area contributed by atoms with Crippen molar-refractivity contribution in [3.63, 3.8) is 0 Å². The number of hydrogen-bond acceptors (Lipinski definition) is 6. The lowest BCUT2D eigenvalue weighted by molar-refractivity contribution is 0.122. The quantitative estimate of drug-likeness (QED) is 0.559. The SMILES string of the molecule is c1csc(CNc2ccnc3c(-c4ccc(N5CCOCC5)cc4)cnn23)c1. The molecule has 142 valence electrons. The summed E-state index contributed by atoms with van der Waals surface area (Å²) in [5.41, 5.74) is 4.24. The van der Waals surface area contributed by atoms with Crippen molar-refractivity contribution in [1.82, 2.24) is 14.6 Å². The summed E-state index contributed by atoms with van der Waals surface area (Å²) in [5, 5.41) is 10.1. The minimum absolute atomic E-state index is 0.778. The highest BCUT2D eigenvalue weighted by Crippen LogP contribution is 2.27. The third-order valence-corrected chi connectivity index (χ3v) is 5.86. The van der Waals surface area contributed by atoms with E-state index in [1.807, 2.05) is 23.0 Å².